The smallest absolute Gasteiger partial charge is 0.0579 e. The summed E-state index contributed by atoms with van der Waals surface area (Å²) in [5.41, 5.74) is 20.7. The molecule has 0 bridgehead atoms. The molecular weight excluding hydrogens is 769 g/mol. The van der Waals surface area contributed by atoms with Gasteiger partial charge in [0.15, 0.2) is 0 Å². The van der Waals surface area contributed by atoms with Crippen LogP contribution in [0.1, 0.15) is 44.5 Å². The Kier molecular flexibility index (Phi) is 9.84. The number of anilines is 6. The van der Waals surface area contributed by atoms with Gasteiger partial charge in [-0.05, 0) is 174 Å². The van der Waals surface area contributed by atoms with Crippen molar-refractivity contribution >= 4 is 71.8 Å². The zero-order valence-electron chi connectivity index (χ0n) is 38.3. The molecule has 0 saturated carbocycles. The summed E-state index contributed by atoms with van der Waals surface area (Å²) < 4.78 is -0.0244. The third-order valence-electron chi connectivity index (χ3n) is 13.6. The van der Waals surface area contributed by atoms with Crippen molar-refractivity contribution in [1.82, 2.24) is 0 Å². The summed E-state index contributed by atoms with van der Waals surface area (Å²) in [4.78, 5) is 4.91. The summed E-state index contributed by atoms with van der Waals surface area (Å²) in [7, 11) is -3.99. The minimum absolute atomic E-state index is 0.0244. The van der Waals surface area contributed by atoms with Gasteiger partial charge in [0.2, 0.25) is 0 Å². The molecule has 0 aromatic heterocycles. The van der Waals surface area contributed by atoms with E-state index in [4.69, 9.17) is 0 Å². The van der Waals surface area contributed by atoms with Crippen LogP contribution in [0.5, 0.6) is 0 Å². The maximum atomic E-state index is 2.64. The molecule has 8 aromatic rings. The molecular formula is C57H60N2Si2. The number of rotatable bonds is 8. The van der Waals surface area contributed by atoms with Crippen molar-refractivity contribution in [2.75, 3.05) is 9.80 Å². The number of aryl methyl sites for hydroxylation is 6. The molecule has 8 aromatic carbocycles. The van der Waals surface area contributed by atoms with Crippen LogP contribution < -0.4 is 9.80 Å². The topological polar surface area (TPSA) is 6.48 Å². The molecule has 0 amide bonds. The molecule has 0 spiro atoms. The lowest BCUT2D eigenvalue weighted by atomic mass is 9.97. The van der Waals surface area contributed by atoms with Gasteiger partial charge in [0.1, 0.15) is 0 Å². The van der Waals surface area contributed by atoms with E-state index in [2.05, 4.69) is 236 Å². The Bertz CT molecular complexity index is 2990. The lowest BCUT2D eigenvalue weighted by Crippen LogP contribution is -2.63. The van der Waals surface area contributed by atoms with Crippen LogP contribution in [0.15, 0.2) is 146 Å². The lowest BCUT2D eigenvalue weighted by molar-refractivity contribution is 0.964. The molecule has 1 aliphatic rings. The van der Waals surface area contributed by atoms with Gasteiger partial charge in [0.25, 0.3) is 0 Å². The van der Waals surface area contributed by atoms with Crippen molar-refractivity contribution in [1.29, 1.82) is 0 Å². The van der Waals surface area contributed by atoms with E-state index in [0.29, 0.717) is 0 Å². The standard InChI is InChI=1S/C57H60N2Si2/c1-37-15-23-46(24-16-37)58(54-31-39(3)13-19-41(54)5)48-27-21-43-35-52-51-29-22-44-33-49(59(47-25-17-38(2)18-26-47)55-32-40(4)14-20-42(55)6)28-30-50(44)56(51)57(60(7,8)9,61(10,11)12)53(52)36-45(43)34-48/h13-36H,1-12H3. The lowest BCUT2D eigenvalue weighted by Gasteiger charge is -2.51. The third kappa shape index (κ3) is 6.67. The van der Waals surface area contributed by atoms with Crippen molar-refractivity contribution in [3.05, 3.63) is 190 Å². The fourth-order valence-electron chi connectivity index (χ4n) is 11.0. The molecule has 9 rings (SSSR count). The van der Waals surface area contributed by atoms with E-state index in [0.717, 1.165) is 0 Å². The van der Waals surface area contributed by atoms with Crippen LogP contribution in [0.3, 0.4) is 0 Å². The van der Waals surface area contributed by atoms with Crippen molar-refractivity contribution in [2.45, 2.75) is 85.5 Å². The minimum Gasteiger partial charge on any atom is -0.310 e. The Balaban J connectivity index is 1.26. The van der Waals surface area contributed by atoms with E-state index in [1.54, 1.807) is 11.1 Å². The van der Waals surface area contributed by atoms with Gasteiger partial charge in [-0.2, -0.15) is 0 Å². The highest BCUT2D eigenvalue weighted by molar-refractivity contribution is 7.00. The van der Waals surface area contributed by atoms with E-state index in [1.165, 1.54) is 100 Å². The first-order valence-electron chi connectivity index (χ1n) is 22.0. The first-order chi connectivity index (χ1) is 29.0. The average molecular weight is 829 g/mol. The van der Waals surface area contributed by atoms with Gasteiger partial charge in [-0.15, -0.1) is 0 Å². The van der Waals surface area contributed by atoms with Crippen LogP contribution in [-0.4, -0.2) is 16.1 Å². The number of hydrogen-bond donors (Lipinski definition) is 0. The molecule has 306 valence electrons. The van der Waals surface area contributed by atoms with E-state index >= 15 is 0 Å². The average Bonchev–Trinajstić information content (AvgIpc) is 3.52. The summed E-state index contributed by atoms with van der Waals surface area (Å²) in [6, 6.07) is 56.1. The van der Waals surface area contributed by atoms with Crippen LogP contribution in [0, 0.1) is 41.5 Å². The zero-order valence-corrected chi connectivity index (χ0v) is 40.3. The second-order valence-electron chi connectivity index (χ2n) is 20.0. The SMILES string of the molecule is Cc1ccc(N(c2ccc3cc4c(cc3c2)C([Si](C)(C)C)([Si](C)(C)C)c2c-4ccc3cc(N(c4ccc(C)cc4)c4cc(C)ccc4C)ccc23)c2cc(C)ccc2C)cc1. The molecule has 0 unspecified atom stereocenters. The van der Waals surface area contributed by atoms with Gasteiger partial charge >= 0.3 is 0 Å². The molecule has 0 saturated heterocycles. The predicted molar refractivity (Wildman–Crippen MR) is 272 cm³/mol. The molecule has 1 aliphatic carbocycles. The highest BCUT2D eigenvalue weighted by Gasteiger charge is 2.59. The highest BCUT2D eigenvalue weighted by atomic mass is 28.4. The van der Waals surface area contributed by atoms with E-state index < -0.39 is 16.1 Å². The monoisotopic (exact) mass is 828 g/mol. The first kappa shape index (κ1) is 40.7. The largest absolute Gasteiger partial charge is 0.310 e. The molecule has 0 aliphatic heterocycles. The van der Waals surface area contributed by atoms with Crippen molar-refractivity contribution < 1.29 is 0 Å². The number of hydrogen-bond acceptors (Lipinski definition) is 2. The molecule has 0 radical (unpaired) electrons. The third-order valence-corrected chi connectivity index (χ3v) is 23.6. The maximum Gasteiger partial charge on any atom is 0.0579 e. The normalized spacial score (nSPS) is 13.4. The Morgan fingerprint density at radius 3 is 1.31 bits per heavy atom. The summed E-state index contributed by atoms with van der Waals surface area (Å²) >= 11 is 0. The molecule has 0 N–H and O–H groups in total. The molecule has 61 heavy (non-hydrogen) atoms. The molecule has 0 heterocycles. The van der Waals surface area contributed by atoms with Gasteiger partial charge in [-0.3, -0.25) is 0 Å². The second kappa shape index (κ2) is 14.7. The van der Waals surface area contributed by atoms with Crippen LogP contribution in [0.25, 0.3) is 32.7 Å². The number of benzene rings is 8. The van der Waals surface area contributed by atoms with E-state index in [-0.39, 0.29) is 4.66 Å². The van der Waals surface area contributed by atoms with Gasteiger partial charge < -0.3 is 9.80 Å². The van der Waals surface area contributed by atoms with E-state index in [9.17, 15) is 0 Å². The van der Waals surface area contributed by atoms with Crippen LogP contribution in [0.2, 0.25) is 39.3 Å². The first-order valence-corrected chi connectivity index (χ1v) is 29.0. The second-order valence-corrected chi connectivity index (χ2v) is 31.0. The summed E-state index contributed by atoms with van der Waals surface area (Å²) in [6.07, 6.45) is 0. The van der Waals surface area contributed by atoms with Crippen molar-refractivity contribution in [2.24, 2.45) is 0 Å². The fraction of sp³-hybridized carbons (Fsp3) is 0.228. The van der Waals surface area contributed by atoms with Crippen molar-refractivity contribution in [3.63, 3.8) is 0 Å². The Morgan fingerprint density at radius 1 is 0.361 bits per heavy atom. The van der Waals surface area contributed by atoms with Gasteiger partial charge in [0.05, 0.1) is 16.1 Å². The van der Waals surface area contributed by atoms with Crippen molar-refractivity contribution in [3.8, 4) is 11.1 Å². The summed E-state index contributed by atoms with van der Waals surface area (Å²) in [5, 5.41) is 5.30. The number of fused-ring (bicyclic) bond motifs is 6. The molecule has 2 nitrogen and oxygen atoms in total. The quantitative estimate of drug-likeness (QED) is 0.141. The molecule has 4 heteroatoms. The summed E-state index contributed by atoms with van der Waals surface area (Å²) in [5.74, 6) is 0. The Labute approximate surface area is 366 Å². The minimum atomic E-state index is -2.00. The Morgan fingerprint density at radius 2 is 0.803 bits per heavy atom. The Hall–Kier alpha value is -5.69. The molecule has 0 atom stereocenters. The summed E-state index contributed by atoms with van der Waals surface area (Å²) in [6.45, 7) is 29.0. The van der Waals surface area contributed by atoms with Crippen LogP contribution in [0.4, 0.5) is 34.1 Å². The van der Waals surface area contributed by atoms with Gasteiger partial charge in [-0.25, -0.2) is 0 Å². The van der Waals surface area contributed by atoms with Gasteiger partial charge in [-0.1, -0.05) is 129 Å². The maximum absolute atomic E-state index is 2.64. The van der Waals surface area contributed by atoms with E-state index in [1.807, 2.05) is 0 Å². The molecule has 0 fully saturated rings. The highest BCUT2D eigenvalue weighted by Crippen LogP contribution is 2.60. The number of nitrogens with zero attached hydrogens (tertiary/aromatic N) is 2. The predicted octanol–water partition coefficient (Wildman–Crippen LogP) is 16.8. The van der Waals surface area contributed by atoms with Crippen LogP contribution in [-0.2, 0) is 4.66 Å². The zero-order chi connectivity index (χ0) is 43.2. The fourth-order valence-corrected chi connectivity index (χ4v) is 24.1. The van der Waals surface area contributed by atoms with Crippen LogP contribution >= 0.6 is 0 Å². The van der Waals surface area contributed by atoms with Gasteiger partial charge in [0, 0.05) is 38.8 Å².